The van der Waals surface area contributed by atoms with Crippen molar-refractivity contribution >= 4 is 72.1 Å². The zero-order valence-electron chi connectivity index (χ0n) is 31.5. The Labute approximate surface area is 335 Å². The molecule has 0 atom stereocenters. The van der Waals surface area contributed by atoms with Crippen LogP contribution >= 0.6 is 0 Å². The summed E-state index contributed by atoms with van der Waals surface area (Å²) in [4.78, 5) is 5.04. The zero-order chi connectivity index (χ0) is 38.6. The molecule has 4 nitrogen and oxygen atoms in total. The lowest BCUT2D eigenvalue weighted by molar-refractivity contribution is 1.18. The van der Waals surface area contributed by atoms with Gasteiger partial charge in [0.2, 0.25) is 5.96 Å². The zero-order valence-corrected chi connectivity index (χ0v) is 31.5. The number of para-hydroxylation sites is 3. The van der Waals surface area contributed by atoms with Crippen molar-refractivity contribution in [2.24, 2.45) is 4.99 Å². The molecule has 0 aliphatic heterocycles. The number of aromatic nitrogens is 2. The fourth-order valence-corrected chi connectivity index (χ4v) is 8.75. The van der Waals surface area contributed by atoms with E-state index in [9.17, 15) is 5.41 Å². The summed E-state index contributed by atoms with van der Waals surface area (Å²) in [7, 11) is 0. The van der Waals surface area contributed by atoms with Crippen LogP contribution in [-0.2, 0) is 0 Å². The van der Waals surface area contributed by atoms with Crippen LogP contribution in [0.1, 0.15) is 5.56 Å². The van der Waals surface area contributed by atoms with E-state index < -0.39 is 0 Å². The molecule has 0 saturated carbocycles. The molecule has 0 fully saturated rings. The van der Waals surface area contributed by atoms with E-state index in [0.29, 0.717) is 0 Å². The van der Waals surface area contributed by atoms with Crippen molar-refractivity contribution in [1.29, 1.82) is 5.41 Å². The number of nitrogens with one attached hydrogen (secondary N) is 1. The van der Waals surface area contributed by atoms with Crippen LogP contribution in [0.15, 0.2) is 217 Å². The molecule has 0 bridgehead atoms. The first-order valence-corrected chi connectivity index (χ1v) is 19.6. The standard InChI is InChI=1S/C54H36N4/c55-54(56-48-24-12-7-17-40(48)33-36-27-29-38(30-28-36)37-15-3-1-4-16-37)58-49-25-13-10-21-43(49)44-32-31-39(34-51(44)58)47-35-52-53(45-22-9-8-20-42(45)47)46-23-11-14-26-50(46)57(52)41-18-5-2-6-19-41/h1-35,55H/b40-33+,55-54?,56-48?. The summed E-state index contributed by atoms with van der Waals surface area (Å²) in [6, 6.07) is 64.5. The molecule has 0 spiro atoms. The highest BCUT2D eigenvalue weighted by molar-refractivity contribution is 6.25. The van der Waals surface area contributed by atoms with E-state index >= 15 is 0 Å². The van der Waals surface area contributed by atoms with E-state index in [0.717, 1.165) is 61.0 Å². The topological polar surface area (TPSA) is 46.1 Å². The minimum atomic E-state index is 0.160. The van der Waals surface area contributed by atoms with Gasteiger partial charge in [0, 0.05) is 32.8 Å². The summed E-state index contributed by atoms with van der Waals surface area (Å²) in [5, 5.41) is 16.7. The number of aliphatic imine (C=N–C) groups is 1. The Balaban J connectivity index is 1.06. The second-order valence-corrected chi connectivity index (χ2v) is 14.8. The highest BCUT2D eigenvalue weighted by Crippen LogP contribution is 2.42. The Morgan fingerprint density at radius 3 is 1.86 bits per heavy atom. The molecular weight excluding hydrogens is 705 g/mol. The maximum Gasteiger partial charge on any atom is 0.227 e. The third-order valence-corrected chi connectivity index (χ3v) is 11.4. The monoisotopic (exact) mass is 740 g/mol. The molecule has 10 aromatic rings. The van der Waals surface area contributed by atoms with Crippen LogP contribution in [0.5, 0.6) is 0 Å². The molecule has 4 heteroatoms. The first-order valence-electron chi connectivity index (χ1n) is 19.6. The van der Waals surface area contributed by atoms with Gasteiger partial charge in [-0.1, -0.05) is 164 Å². The third kappa shape index (κ3) is 5.54. The Hall–Kier alpha value is -7.82. The van der Waals surface area contributed by atoms with Crippen molar-refractivity contribution in [3.8, 4) is 27.9 Å². The molecule has 2 heterocycles. The predicted octanol–water partition coefficient (Wildman–Crippen LogP) is 13.8. The van der Waals surface area contributed by atoms with Gasteiger partial charge in [0.15, 0.2) is 0 Å². The van der Waals surface area contributed by atoms with Crippen molar-refractivity contribution in [1.82, 2.24) is 9.13 Å². The van der Waals surface area contributed by atoms with E-state index in [1.54, 1.807) is 0 Å². The average Bonchev–Trinajstić information content (AvgIpc) is 3.80. The summed E-state index contributed by atoms with van der Waals surface area (Å²) in [5.74, 6) is 0.160. The van der Waals surface area contributed by atoms with Gasteiger partial charge in [0.05, 0.1) is 27.8 Å². The number of fused-ring (bicyclic) bond motifs is 8. The highest BCUT2D eigenvalue weighted by atomic mass is 15.1. The van der Waals surface area contributed by atoms with E-state index in [4.69, 9.17) is 4.99 Å². The summed E-state index contributed by atoms with van der Waals surface area (Å²) >= 11 is 0. The van der Waals surface area contributed by atoms with Gasteiger partial charge in [0.25, 0.3) is 0 Å². The van der Waals surface area contributed by atoms with E-state index in [1.807, 2.05) is 34.9 Å². The van der Waals surface area contributed by atoms with Gasteiger partial charge in [-0.15, -0.1) is 0 Å². The lowest BCUT2D eigenvalue weighted by atomic mass is 9.94. The van der Waals surface area contributed by atoms with Crippen LogP contribution in [0, 0.1) is 5.41 Å². The van der Waals surface area contributed by atoms with Gasteiger partial charge in [0.1, 0.15) is 0 Å². The number of hydrogen-bond acceptors (Lipinski definition) is 1. The van der Waals surface area contributed by atoms with E-state index in [2.05, 4.69) is 187 Å². The van der Waals surface area contributed by atoms with Crippen molar-refractivity contribution in [2.75, 3.05) is 0 Å². The number of benzene rings is 8. The van der Waals surface area contributed by atoms with Gasteiger partial charge in [-0.3, -0.25) is 9.98 Å². The van der Waals surface area contributed by atoms with Crippen LogP contribution in [0.4, 0.5) is 0 Å². The van der Waals surface area contributed by atoms with Gasteiger partial charge >= 0.3 is 0 Å². The lowest BCUT2D eigenvalue weighted by Gasteiger charge is -2.13. The van der Waals surface area contributed by atoms with Crippen LogP contribution in [0.2, 0.25) is 0 Å². The average molecular weight is 741 g/mol. The van der Waals surface area contributed by atoms with Crippen LogP contribution in [-0.4, -0.2) is 20.8 Å². The van der Waals surface area contributed by atoms with E-state index in [1.165, 1.54) is 38.2 Å². The molecule has 0 amide bonds. The van der Waals surface area contributed by atoms with Crippen LogP contribution in [0.25, 0.3) is 88.4 Å². The summed E-state index contributed by atoms with van der Waals surface area (Å²) < 4.78 is 4.39. The fourth-order valence-electron chi connectivity index (χ4n) is 8.75. The largest absolute Gasteiger partial charge is 0.309 e. The number of allylic oxidation sites excluding steroid dienone is 5. The lowest BCUT2D eigenvalue weighted by Crippen LogP contribution is -2.12. The molecule has 8 aromatic carbocycles. The number of rotatable bonds is 4. The smallest absolute Gasteiger partial charge is 0.227 e. The van der Waals surface area contributed by atoms with Crippen LogP contribution in [0.3, 0.4) is 0 Å². The molecule has 1 aliphatic rings. The highest BCUT2D eigenvalue weighted by Gasteiger charge is 2.20. The molecule has 0 unspecified atom stereocenters. The molecule has 0 saturated heterocycles. The third-order valence-electron chi connectivity index (χ3n) is 11.4. The Morgan fingerprint density at radius 2 is 1.07 bits per heavy atom. The Morgan fingerprint density at radius 1 is 0.466 bits per heavy atom. The molecule has 0 radical (unpaired) electrons. The van der Waals surface area contributed by atoms with Crippen molar-refractivity contribution < 1.29 is 0 Å². The van der Waals surface area contributed by atoms with Crippen molar-refractivity contribution in [2.45, 2.75) is 0 Å². The van der Waals surface area contributed by atoms with Crippen molar-refractivity contribution in [3.63, 3.8) is 0 Å². The predicted molar refractivity (Wildman–Crippen MR) is 245 cm³/mol. The number of nitrogens with zero attached hydrogens (tertiary/aromatic N) is 3. The fraction of sp³-hybridized carbons (Fsp3) is 0. The molecule has 58 heavy (non-hydrogen) atoms. The Kier molecular flexibility index (Phi) is 7.93. The van der Waals surface area contributed by atoms with Gasteiger partial charge < -0.3 is 4.57 Å². The van der Waals surface area contributed by atoms with Gasteiger partial charge in [-0.05, 0) is 87.1 Å². The molecular formula is C54H36N4. The molecule has 272 valence electrons. The SMILES string of the molecule is N=C(N=C1C=CC=C/C1=C\c1ccc(-c2ccccc2)cc1)n1c2ccccc2c2ccc(-c3cc4c(c5ccccc35)c3ccccc3n4-c3ccccc3)cc21. The summed E-state index contributed by atoms with van der Waals surface area (Å²) in [6.07, 6.45) is 10.2. The normalized spacial score (nSPS) is 14.2. The molecule has 11 rings (SSSR count). The van der Waals surface area contributed by atoms with E-state index in [-0.39, 0.29) is 5.96 Å². The summed E-state index contributed by atoms with van der Waals surface area (Å²) in [6.45, 7) is 0. The van der Waals surface area contributed by atoms with Crippen molar-refractivity contribution in [3.05, 3.63) is 217 Å². The Bertz CT molecular complexity index is 3370. The quantitative estimate of drug-likeness (QED) is 0.138. The minimum Gasteiger partial charge on any atom is -0.309 e. The minimum absolute atomic E-state index is 0.160. The maximum absolute atomic E-state index is 9.63. The second-order valence-electron chi connectivity index (χ2n) is 14.8. The molecule has 1 N–H and O–H groups in total. The molecule has 2 aromatic heterocycles. The molecule has 1 aliphatic carbocycles. The van der Waals surface area contributed by atoms with Gasteiger partial charge in [-0.25, -0.2) is 4.99 Å². The van der Waals surface area contributed by atoms with Crippen LogP contribution < -0.4 is 0 Å². The first kappa shape index (κ1) is 33.5. The van der Waals surface area contributed by atoms with Gasteiger partial charge in [-0.2, -0.15) is 0 Å². The number of hydrogen-bond donors (Lipinski definition) is 1. The first-order chi connectivity index (χ1) is 28.7. The maximum atomic E-state index is 9.63. The summed E-state index contributed by atoms with van der Waals surface area (Å²) in [5.41, 5.74) is 12.7. The second kappa shape index (κ2) is 13.7.